The minimum Gasteiger partial charge on any atom is -0.441 e. The van der Waals surface area contributed by atoms with Crippen LogP contribution >= 0.6 is 24.0 Å². The molecule has 1 aliphatic rings. The van der Waals surface area contributed by atoms with Gasteiger partial charge in [0.25, 0.3) is 0 Å². The first-order chi connectivity index (χ1) is 10.7. The Morgan fingerprint density at radius 3 is 2.78 bits per heavy atom. The summed E-state index contributed by atoms with van der Waals surface area (Å²) in [4.78, 5) is 18.2. The number of nitrogens with zero attached hydrogens (tertiary/aromatic N) is 2. The molecule has 0 unspecified atom stereocenters. The molecule has 1 aromatic carbocycles. The molecule has 0 spiro atoms. The molecule has 7 heteroatoms. The van der Waals surface area contributed by atoms with Gasteiger partial charge in [-0.1, -0.05) is 23.7 Å². The highest BCUT2D eigenvalue weighted by Gasteiger charge is 2.17. The van der Waals surface area contributed by atoms with E-state index in [1.165, 1.54) is 0 Å². The highest BCUT2D eigenvalue weighted by atomic mass is 35.5. The molecule has 0 aliphatic carbocycles. The molecule has 1 aromatic heterocycles. The highest BCUT2D eigenvalue weighted by molar-refractivity contribution is 6.33. The van der Waals surface area contributed by atoms with Crippen molar-refractivity contribution in [2.45, 2.75) is 12.8 Å². The zero-order valence-electron chi connectivity index (χ0n) is 12.6. The average molecular weight is 356 g/mol. The maximum absolute atomic E-state index is 12.1. The van der Waals surface area contributed by atoms with Crippen LogP contribution in [0, 0.1) is 0 Å². The molecular formula is C16H19Cl2N3O2. The van der Waals surface area contributed by atoms with E-state index in [0.717, 1.165) is 31.7 Å². The van der Waals surface area contributed by atoms with Gasteiger partial charge in [0.1, 0.15) is 0 Å². The Morgan fingerprint density at radius 1 is 1.30 bits per heavy atom. The monoisotopic (exact) mass is 355 g/mol. The second-order valence-corrected chi connectivity index (χ2v) is 5.64. The van der Waals surface area contributed by atoms with E-state index in [0.29, 0.717) is 29.5 Å². The number of nitrogens with one attached hydrogen (secondary N) is 1. The van der Waals surface area contributed by atoms with Crippen molar-refractivity contribution in [3.05, 3.63) is 41.4 Å². The molecule has 0 saturated carbocycles. The number of carbonyl (C=O) groups is 1. The summed E-state index contributed by atoms with van der Waals surface area (Å²) in [5.74, 6) is 1.35. The molecule has 2 aromatic rings. The largest absolute Gasteiger partial charge is 0.441 e. The summed E-state index contributed by atoms with van der Waals surface area (Å²) in [7, 11) is 0. The fourth-order valence-electron chi connectivity index (χ4n) is 2.50. The first-order valence-electron chi connectivity index (χ1n) is 7.42. The zero-order valence-corrected chi connectivity index (χ0v) is 14.2. The fourth-order valence-corrected chi connectivity index (χ4v) is 2.73. The Balaban J connectivity index is 0.00000192. The molecule has 1 saturated heterocycles. The van der Waals surface area contributed by atoms with Crippen LogP contribution in [0.15, 0.2) is 34.9 Å². The van der Waals surface area contributed by atoms with Crippen LogP contribution in [-0.2, 0) is 11.2 Å². The SMILES string of the molecule is Cl.O=C(CCc1ncc(-c2ccccc2Cl)o1)N1CCNCC1. The second kappa shape index (κ2) is 8.34. The number of piperazine rings is 1. The third kappa shape index (κ3) is 4.47. The van der Waals surface area contributed by atoms with Gasteiger partial charge in [0.15, 0.2) is 11.7 Å². The smallest absolute Gasteiger partial charge is 0.223 e. The number of benzene rings is 1. The van der Waals surface area contributed by atoms with Crippen LogP contribution < -0.4 is 5.32 Å². The van der Waals surface area contributed by atoms with Crippen molar-refractivity contribution in [3.8, 4) is 11.3 Å². The number of hydrogen-bond donors (Lipinski definition) is 1. The van der Waals surface area contributed by atoms with Crippen molar-refractivity contribution in [2.75, 3.05) is 26.2 Å². The Bertz CT molecular complexity index is 654. The van der Waals surface area contributed by atoms with E-state index in [4.69, 9.17) is 16.0 Å². The van der Waals surface area contributed by atoms with Gasteiger partial charge in [-0.2, -0.15) is 0 Å². The van der Waals surface area contributed by atoms with Crippen LogP contribution in [0.3, 0.4) is 0 Å². The van der Waals surface area contributed by atoms with E-state index in [1.807, 2.05) is 29.2 Å². The third-order valence-corrected chi connectivity index (χ3v) is 4.04. The summed E-state index contributed by atoms with van der Waals surface area (Å²) < 4.78 is 5.71. The number of halogens is 2. The number of hydrogen-bond acceptors (Lipinski definition) is 4. The first-order valence-corrected chi connectivity index (χ1v) is 7.80. The van der Waals surface area contributed by atoms with Crippen LogP contribution in [0.1, 0.15) is 12.3 Å². The number of aryl methyl sites for hydroxylation is 1. The lowest BCUT2D eigenvalue weighted by atomic mass is 10.2. The van der Waals surface area contributed by atoms with Crippen LogP contribution in [0.4, 0.5) is 0 Å². The average Bonchev–Trinajstić information content (AvgIpc) is 3.02. The van der Waals surface area contributed by atoms with Crippen LogP contribution in [0.25, 0.3) is 11.3 Å². The number of aromatic nitrogens is 1. The number of carbonyl (C=O) groups excluding carboxylic acids is 1. The van der Waals surface area contributed by atoms with Gasteiger partial charge >= 0.3 is 0 Å². The van der Waals surface area contributed by atoms with Crippen molar-refractivity contribution in [2.24, 2.45) is 0 Å². The molecule has 1 fully saturated rings. The van der Waals surface area contributed by atoms with Gasteiger partial charge in [-0.05, 0) is 12.1 Å². The van der Waals surface area contributed by atoms with Crippen molar-refractivity contribution in [1.29, 1.82) is 0 Å². The molecule has 1 aliphatic heterocycles. The Kier molecular flexibility index (Phi) is 6.45. The Hall–Kier alpha value is -1.56. The molecule has 5 nitrogen and oxygen atoms in total. The summed E-state index contributed by atoms with van der Waals surface area (Å²) in [5, 5.41) is 3.86. The summed E-state index contributed by atoms with van der Waals surface area (Å²) in [6, 6.07) is 7.47. The van der Waals surface area contributed by atoms with Gasteiger partial charge in [-0.15, -0.1) is 12.4 Å². The lowest BCUT2D eigenvalue weighted by molar-refractivity contribution is -0.131. The van der Waals surface area contributed by atoms with Gasteiger partial charge in [-0.25, -0.2) is 4.98 Å². The van der Waals surface area contributed by atoms with E-state index in [9.17, 15) is 4.79 Å². The molecule has 1 amide bonds. The minimum atomic E-state index is 0. The quantitative estimate of drug-likeness (QED) is 0.915. The summed E-state index contributed by atoms with van der Waals surface area (Å²) in [6.45, 7) is 3.27. The van der Waals surface area contributed by atoms with E-state index < -0.39 is 0 Å². The third-order valence-electron chi connectivity index (χ3n) is 3.72. The molecule has 124 valence electrons. The number of rotatable bonds is 4. The van der Waals surface area contributed by atoms with Crippen LogP contribution in [0.2, 0.25) is 5.02 Å². The molecule has 0 atom stereocenters. The van der Waals surface area contributed by atoms with Gasteiger partial charge in [-0.3, -0.25) is 4.79 Å². The second-order valence-electron chi connectivity index (χ2n) is 5.23. The maximum atomic E-state index is 12.1. The molecule has 2 heterocycles. The summed E-state index contributed by atoms with van der Waals surface area (Å²) in [6.07, 6.45) is 2.58. The minimum absolute atomic E-state index is 0. The van der Waals surface area contributed by atoms with Gasteiger partial charge in [0.2, 0.25) is 5.91 Å². The predicted octanol–water partition coefficient (Wildman–Crippen LogP) is 2.78. The van der Waals surface area contributed by atoms with E-state index in [-0.39, 0.29) is 18.3 Å². The zero-order chi connectivity index (χ0) is 15.4. The van der Waals surface area contributed by atoms with Crippen molar-refractivity contribution in [3.63, 3.8) is 0 Å². The van der Waals surface area contributed by atoms with Gasteiger partial charge in [0.05, 0.1) is 11.2 Å². The predicted molar refractivity (Wildman–Crippen MR) is 92.0 cm³/mol. The molecule has 0 radical (unpaired) electrons. The molecular weight excluding hydrogens is 337 g/mol. The fraction of sp³-hybridized carbons (Fsp3) is 0.375. The highest BCUT2D eigenvalue weighted by Crippen LogP contribution is 2.28. The van der Waals surface area contributed by atoms with Gasteiger partial charge in [0, 0.05) is 44.6 Å². The first kappa shape index (κ1) is 17.8. The van der Waals surface area contributed by atoms with E-state index in [2.05, 4.69) is 10.3 Å². The van der Waals surface area contributed by atoms with E-state index >= 15 is 0 Å². The van der Waals surface area contributed by atoms with Crippen molar-refractivity contribution in [1.82, 2.24) is 15.2 Å². The standard InChI is InChI=1S/C16H18ClN3O2.ClH/c17-13-4-2-1-3-12(13)14-11-19-15(22-14)5-6-16(21)20-9-7-18-8-10-20;/h1-4,11,18H,5-10H2;1H. The number of amides is 1. The Morgan fingerprint density at radius 2 is 2.04 bits per heavy atom. The van der Waals surface area contributed by atoms with Crippen LogP contribution in [-0.4, -0.2) is 42.0 Å². The molecule has 1 N–H and O–H groups in total. The Labute approximate surface area is 146 Å². The topological polar surface area (TPSA) is 58.4 Å². The maximum Gasteiger partial charge on any atom is 0.223 e. The lowest BCUT2D eigenvalue weighted by Gasteiger charge is -2.27. The molecule has 0 bridgehead atoms. The van der Waals surface area contributed by atoms with E-state index in [1.54, 1.807) is 6.20 Å². The van der Waals surface area contributed by atoms with Crippen LogP contribution in [0.5, 0.6) is 0 Å². The molecule has 3 rings (SSSR count). The van der Waals surface area contributed by atoms with Gasteiger partial charge < -0.3 is 14.6 Å². The normalized spacial score (nSPS) is 14.4. The molecule has 23 heavy (non-hydrogen) atoms. The summed E-state index contributed by atoms with van der Waals surface area (Å²) >= 11 is 6.14. The van der Waals surface area contributed by atoms with Crippen molar-refractivity contribution < 1.29 is 9.21 Å². The van der Waals surface area contributed by atoms with Crippen molar-refractivity contribution >= 4 is 29.9 Å². The lowest BCUT2D eigenvalue weighted by Crippen LogP contribution is -2.46. The summed E-state index contributed by atoms with van der Waals surface area (Å²) in [5.41, 5.74) is 0.816. The number of oxazole rings is 1.